The molecule has 0 radical (unpaired) electrons. The van der Waals surface area contributed by atoms with Crippen molar-refractivity contribution in [2.45, 2.75) is 18.4 Å². The van der Waals surface area contributed by atoms with E-state index in [-0.39, 0.29) is 30.0 Å². The number of carbonyl (C=O) groups excluding carboxylic acids is 2. The number of anilines is 1. The van der Waals surface area contributed by atoms with Gasteiger partial charge in [-0.1, -0.05) is 12.1 Å². The van der Waals surface area contributed by atoms with Crippen molar-refractivity contribution in [1.29, 1.82) is 0 Å². The quantitative estimate of drug-likeness (QED) is 0.585. The molecule has 2 unspecified atom stereocenters. The van der Waals surface area contributed by atoms with Crippen molar-refractivity contribution in [2.75, 3.05) is 25.0 Å². The van der Waals surface area contributed by atoms with Crippen LogP contribution in [-0.4, -0.2) is 52.9 Å². The van der Waals surface area contributed by atoms with Gasteiger partial charge in [-0.15, -0.1) is 23.2 Å². The molecule has 1 heterocycles. The highest BCUT2D eigenvalue weighted by Crippen LogP contribution is 2.19. The van der Waals surface area contributed by atoms with Gasteiger partial charge in [0.2, 0.25) is 5.95 Å². The summed E-state index contributed by atoms with van der Waals surface area (Å²) in [6, 6.07) is 6.43. The summed E-state index contributed by atoms with van der Waals surface area (Å²) in [6.07, 6.45) is -1.08. The van der Waals surface area contributed by atoms with E-state index >= 15 is 0 Å². The molecule has 0 bridgehead atoms. The number of fused-ring (bicyclic) bond motifs is 1. The van der Waals surface area contributed by atoms with Crippen LogP contribution in [-0.2, 0) is 9.47 Å². The smallest absolute Gasteiger partial charge is 0.413 e. The van der Waals surface area contributed by atoms with Gasteiger partial charge in [-0.05, 0) is 19.1 Å². The normalized spacial score (nSPS) is 13.3. The number of alkyl halides is 2. The van der Waals surface area contributed by atoms with Gasteiger partial charge in [0.15, 0.2) is 0 Å². The molecule has 0 aliphatic rings. The predicted molar refractivity (Wildman–Crippen MR) is 95.5 cm³/mol. The Bertz CT molecular complexity index is 752. The number of para-hydroxylation sites is 2. The molecule has 2 amide bonds. The minimum Gasteiger partial charge on any atom is -0.453 e. The number of halogens is 2. The molecule has 2 atom stereocenters. The number of nitrogens with one attached hydrogen (secondary N) is 2. The molecule has 136 valence electrons. The molecule has 0 fully saturated rings. The van der Waals surface area contributed by atoms with Gasteiger partial charge < -0.3 is 14.8 Å². The topological polar surface area (TPSA) is 94.5 Å². The van der Waals surface area contributed by atoms with Gasteiger partial charge in [-0.2, -0.15) is 0 Å². The molecule has 2 N–H and O–H groups in total. The number of amides is 2. The summed E-state index contributed by atoms with van der Waals surface area (Å²) in [6.45, 7) is 1.67. The highest BCUT2D eigenvalue weighted by molar-refractivity contribution is 6.28. The second kappa shape index (κ2) is 8.89. The monoisotopic (exact) mass is 388 g/mol. The van der Waals surface area contributed by atoms with Crippen molar-refractivity contribution < 1.29 is 19.1 Å². The summed E-state index contributed by atoms with van der Waals surface area (Å²) in [5.74, 6) is 0.269. The molecule has 10 heteroatoms. The Morgan fingerprint density at radius 2 is 2.08 bits per heavy atom. The highest BCUT2D eigenvalue weighted by atomic mass is 35.5. The van der Waals surface area contributed by atoms with Crippen molar-refractivity contribution in [2.24, 2.45) is 0 Å². The van der Waals surface area contributed by atoms with E-state index < -0.39 is 12.1 Å². The molecule has 0 aliphatic heterocycles. The lowest BCUT2D eigenvalue weighted by atomic mass is 10.3. The van der Waals surface area contributed by atoms with Gasteiger partial charge in [0, 0.05) is 5.88 Å². The minimum atomic E-state index is -0.735. The van der Waals surface area contributed by atoms with Crippen molar-refractivity contribution in [3.8, 4) is 0 Å². The van der Waals surface area contributed by atoms with Crippen LogP contribution in [0.25, 0.3) is 11.0 Å². The second-order valence-electron chi connectivity index (χ2n) is 5.04. The van der Waals surface area contributed by atoms with Crippen LogP contribution in [0.15, 0.2) is 24.3 Å². The molecule has 25 heavy (non-hydrogen) atoms. The molecule has 0 aliphatic carbocycles. The van der Waals surface area contributed by atoms with Crippen molar-refractivity contribution >= 4 is 52.3 Å². The average molecular weight is 389 g/mol. The molecule has 2 rings (SSSR count). The summed E-state index contributed by atoms with van der Waals surface area (Å²) in [4.78, 5) is 28.2. The maximum Gasteiger partial charge on any atom is 0.413 e. The van der Waals surface area contributed by atoms with E-state index in [1.165, 1.54) is 11.7 Å². The average Bonchev–Trinajstić information content (AvgIpc) is 2.98. The Kier molecular flexibility index (Phi) is 6.86. The summed E-state index contributed by atoms with van der Waals surface area (Å²) >= 11 is 11.6. The first-order chi connectivity index (χ1) is 12.0. The van der Waals surface area contributed by atoms with Crippen LogP contribution in [0.2, 0.25) is 0 Å². The lowest BCUT2D eigenvalue weighted by molar-refractivity contribution is 0.0580. The van der Waals surface area contributed by atoms with E-state index in [1.54, 1.807) is 31.2 Å². The zero-order valence-electron chi connectivity index (χ0n) is 13.7. The molecule has 0 saturated heterocycles. The fourth-order valence-electron chi connectivity index (χ4n) is 2.00. The third-order valence-corrected chi connectivity index (χ3v) is 4.39. The van der Waals surface area contributed by atoms with Crippen LogP contribution >= 0.6 is 23.2 Å². The Morgan fingerprint density at radius 1 is 1.36 bits per heavy atom. The maximum absolute atomic E-state index is 12.5. The van der Waals surface area contributed by atoms with Gasteiger partial charge in [-0.25, -0.2) is 19.1 Å². The van der Waals surface area contributed by atoms with Crippen LogP contribution in [0.5, 0.6) is 0 Å². The first-order valence-corrected chi connectivity index (χ1v) is 8.37. The number of hydrogen-bond acceptors (Lipinski definition) is 5. The molecule has 1 aromatic heterocycles. The molecule has 8 nitrogen and oxygen atoms in total. The molecule has 0 spiro atoms. The van der Waals surface area contributed by atoms with Crippen LogP contribution in [0.4, 0.5) is 15.5 Å². The second-order valence-corrected chi connectivity index (χ2v) is 5.91. The van der Waals surface area contributed by atoms with Gasteiger partial charge in [0.25, 0.3) is 0 Å². The first kappa shape index (κ1) is 19.3. The standard InChI is InChI=1S/C15H18Cl2N4O4/c1-9(10(17)7-16)25-8-18-14(22)21-12-6-4-3-5-11(12)19-13(21)20-15(23)24-2/h3-6,9-10H,7-8H2,1-2H3,(H,18,22)(H,19,20,23). The van der Waals surface area contributed by atoms with Crippen molar-refractivity contribution in [3.63, 3.8) is 0 Å². The number of nitrogens with zero attached hydrogens (tertiary/aromatic N) is 2. The Balaban J connectivity index is 2.15. The summed E-state index contributed by atoms with van der Waals surface area (Å²) in [5, 5.41) is 4.62. The van der Waals surface area contributed by atoms with Crippen LogP contribution < -0.4 is 10.6 Å². The highest BCUT2D eigenvalue weighted by Gasteiger charge is 2.19. The molecular formula is C15H18Cl2N4O4. The predicted octanol–water partition coefficient (Wildman–Crippen LogP) is 2.98. The van der Waals surface area contributed by atoms with Crippen LogP contribution in [0.3, 0.4) is 0 Å². The van der Waals surface area contributed by atoms with E-state index in [2.05, 4.69) is 20.4 Å². The van der Waals surface area contributed by atoms with E-state index in [0.717, 1.165) is 0 Å². The third kappa shape index (κ3) is 4.75. The van der Waals surface area contributed by atoms with E-state index in [9.17, 15) is 9.59 Å². The molecule has 1 aromatic carbocycles. The lowest BCUT2D eigenvalue weighted by Gasteiger charge is -2.17. The summed E-state index contributed by atoms with van der Waals surface area (Å²) in [7, 11) is 1.22. The lowest BCUT2D eigenvalue weighted by Crippen LogP contribution is -2.35. The zero-order chi connectivity index (χ0) is 18.4. The number of methoxy groups -OCH3 is 1. The maximum atomic E-state index is 12.5. The largest absolute Gasteiger partial charge is 0.453 e. The molecule has 0 saturated carbocycles. The van der Waals surface area contributed by atoms with Gasteiger partial charge >= 0.3 is 12.1 Å². The Morgan fingerprint density at radius 3 is 2.76 bits per heavy atom. The van der Waals surface area contributed by atoms with Crippen LogP contribution in [0, 0.1) is 0 Å². The Hall–Kier alpha value is -2.03. The number of rotatable bonds is 6. The number of carbonyl (C=O) groups is 2. The van der Waals surface area contributed by atoms with Gasteiger partial charge in [-0.3, -0.25) is 5.32 Å². The number of aromatic nitrogens is 2. The number of ether oxygens (including phenoxy) is 2. The molecular weight excluding hydrogens is 371 g/mol. The molecule has 2 aromatic rings. The third-order valence-electron chi connectivity index (χ3n) is 3.39. The van der Waals surface area contributed by atoms with Crippen LogP contribution in [0.1, 0.15) is 6.92 Å². The first-order valence-electron chi connectivity index (χ1n) is 7.40. The fourth-order valence-corrected chi connectivity index (χ4v) is 2.33. The van der Waals surface area contributed by atoms with E-state index in [0.29, 0.717) is 11.0 Å². The minimum absolute atomic E-state index is 0.0366. The SMILES string of the molecule is COC(=O)Nc1nc2ccccc2n1C(=O)NCOC(C)C(Cl)CCl. The fraction of sp³-hybridized carbons (Fsp3) is 0.400. The van der Waals surface area contributed by atoms with Crippen molar-refractivity contribution in [3.05, 3.63) is 24.3 Å². The van der Waals surface area contributed by atoms with Gasteiger partial charge in [0.1, 0.15) is 6.73 Å². The number of hydrogen-bond donors (Lipinski definition) is 2. The Labute approximate surface area is 154 Å². The van der Waals surface area contributed by atoms with Gasteiger partial charge in [0.05, 0.1) is 29.6 Å². The number of imidazole rings is 1. The van der Waals surface area contributed by atoms with E-state index in [4.69, 9.17) is 27.9 Å². The summed E-state index contributed by atoms with van der Waals surface area (Å²) in [5.41, 5.74) is 1.07. The van der Waals surface area contributed by atoms with E-state index in [1.807, 2.05) is 0 Å². The number of benzene rings is 1. The summed E-state index contributed by atoms with van der Waals surface area (Å²) < 4.78 is 11.2. The zero-order valence-corrected chi connectivity index (χ0v) is 15.2. The van der Waals surface area contributed by atoms with Crippen molar-refractivity contribution in [1.82, 2.24) is 14.9 Å².